The van der Waals surface area contributed by atoms with Crippen molar-refractivity contribution >= 4 is 22.7 Å². The SMILES string of the molecule is C[C@H]1[C@H](n2c(SCC#N)nc3ccccc3c2=O)CCC[C@@H]1C. The van der Waals surface area contributed by atoms with Crippen LogP contribution in [0.3, 0.4) is 0 Å². The Balaban J connectivity index is 2.18. The van der Waals surface area contributed by atoms with Crippen molar-refractivity contribution in [2.75, 3.05) is 5.75 Å². The van der Waals surface area contributed by atoms with E-state index in [1.54, 1.807) is 0 Å². The Bertz CT molecular complexity index is 808. The second-order valence-electron chi connectivity index (χ2n) is 6.37. The van der Waals surface area contributed by atoms with E-state index in [1.807, 2.05) is 28.8 Å². The Morgan fingerprint density at radius 2 is 2.13 bits per heavy atom. The van der Waals surface area contributed by atoms with E-state index < -0.39 is 0 Å². The molecule has 1 aliphatic rings. The van der Waals surface area contributed by atoms with Crippen LogP contribution < -0.4 is 5.56 Å². The highest BCUT2D eigenvalue weighted by Crippen LogP contribution is 2.38. The largest absolute Gasteiger partial charge is 0.284 e. The number of fused-ring (bicyclic) bond motifs is 1. The first-order valence-corrected chi connectivity index (χ1v) is 9.13. The van der Waals surface area contributed by atoms with E-state index >= 15 is 0 Å². The fraction of sp³-hybridized carbons (Fsp3) is 0.500. The van der Waals surface area contributed by atoms with Gasteiger partial charge in [-0.2, -0.15) is 5.26 Å². The van der Waals surface area contributed by atoms with Crippen molar-refractivity contribution in [3.05, 3.63) is 34.6 Å². The summed E-state index contributed by atoms with van der Waals surface area (Å²) in [6.45, 7) is 4.49. The van der Waals surface area contributed by atoms with Gasteiger partial charge in [0.2, 0.25) is 0 Å². The van der Waals surface area contributed by atoms with Crippen LogP contribution in [0.5, 0.6) is 0 Å². The number of rotatable bonds is 3. The van der Waals surface area contributed by atoms with E-state index in [1.165, 1.54) is 18.2 Å². The Morgan fingerprint density at radius 1 is 1.35 bits per heavy atom. The zero-order valence-corrected chi connectivity index (χ0v) is 14.3. The molecule has 4 nitrogen and oxygen atoms in total. The van der Waals surface area contributed by atoms with Gasteiger partial charge in [0.15, 0.2) is 5.16 Å². The minimum absolute atomic E-state index is 0.0296. The predicted octanol–water partition coefficient (Wildman–Crippen LogP) is 4.01. The Labute approximate surface area is 140 Å². The maximum atomic E-state index is 13.1. The Morgan fingerprint density at radius 3 is 2.91 bits per heavy atom. The molecule has 0 spiro atoms. The lowest BCUT2D eigenvalue weighted by Crippen LogP contribution is -2.35. The second kappa shape index (κ2) is 6.76. The van der Waals surface area contributed by atoms with E-state index in [0.29, 0.717) is 33.6 Å². The maximum Gasteiger partial charge on any atom is 0.262 e. The quantitative estimate of drug-likeness (QED) is 0.631. The minimum atomic E-state index is 0.0296. The first-order valence-electron chi connectivity index (χ1n) is 8.14. The van der Waals surface area contributed by atoms with Crippen LogP contribution in [-0.2, 0) is 0 Å². The van der Waals surface area contributed by atoms with Gasteiger partial charge in [0.05, 0.1) is 22.7 Å². The lowest BCUT2D eigenvalue weighted by Gasteiger charge is -2.36. The topological polar surface area (TPSA) is 58.7 Å². The number of hydrogen-bond donors (Lipinski definition) is 0. The number of hydrogen-bond acceptors (Lipinski definition) is 4. The predicted molar refractivity (Wildman–Crippen MR) is 93.6 cm³/mol. The molecular weight excluding hydrogens is 306 g/mol. The lowest BCUT2D eigenvalue weighted by atomic mass is 9.78. The fourth-order valence-corrected chi connectivity index (χ4v) is 4.25. The van der Waals surface area contributed by atoms with Crippen LogP contribution in [0.1, 0.15) is 39.2 Å². The molecule has 120 valence electrons. The van der Waals surface area contributed by atoms with Gasteiger partial charge in [0.1, 0.15) is 0 Å². The van der Waals surface area contributed by atoms with Crippen molar-refractivity contribution in [3.8, 4) is 6.07 Å². The highest BCUT2D eigenvalue weighted by atomic mass is 32.2. The van der Waals surface area contributed by atoms with Crippen LogP contribution in [0.25, 0.3) is 10.9 Å². The van der Waals surface area contributed by atoms with Gasteiger partial charge in [0, 0.05) is 6.04 Å². The van der Waals surface area contributed by atoms with Crippen molar-refractivity contribution in [3.63, 3.8) is 0 Å². The van der Waals surface area contributed by atoms with Crippen molar-refractivity contribution < 1.29 is 0 Å². The number of nitriles is 1. The van der Waals surface area contributed by atoms with Gasteiger partial charge in [-0.05, 0) is 30.4 Å². The summed E-state index contributed by atoms with van der Waals surface area (Å²) in [6.07, 6.45) is 3.36. The molecule has 1 heterocycles. The average Bonchev–Trinajstić information content (AvgIpc) is 2.56. The molecule has 1 fully saturated rings. The van der Waals surface area contributed by atoms with Crippen molar-refractivity contribution in [1.82, 2.24) is 9.55 Å². The summed E-state index contributed by atoms with van der Waals surface area (Å²) in [5, 5.41) is 10.3. The summed E-state index contributed by atoms with van der Waals surface area (Å²) in [5.41, 5.74) is 0.743. The third-order valence-corrected chi connectivity index (χ3v) is 5.86. The van der Waals surface area contributed by atoms with Gasteiger partial charge in [-0.25, -0.2) is 4.98 Å². The van der Waals surface area contributed by atoms with E-state index in [9.17, 15) is 4.79 Å². The summed E-state index contributed by atoms with van der Waals surface area (Å²) in [6, 6.07) is 9.79. The standard InChI is InChI=1S/C18H21N3OS/c1-12-6-5-9-16(13(12)2)21-17(22)14-7-3-4-8-15(14)20-18(21)23-11-10-19/h3-4,7-8,12-13,16H,5-6,9,11H2,1-2H3/t12-,13+,16+/m0/s1. The summed E-state index contributed by atoms with van der Waals surface area (Å²) >= 11 is 1.36. The van der Waals surface area contributed by atoms with E-state index in [0.717, 1.165) is 12.8 Å². The second-order valence-corrected chi connectivity index (χ2v) is 7.31. The highest BCUT2D eigenvalue weighted by Gasteiger charge is 2.31. The van der Waals surface area contributed by atoms with Crippen LogP contribution in [0.2, 0.25) is 0 Å². The molecule has 0 saturated heterocycles. The molecule has 1 aromatic carbocycles. The van der Waals surface area contributed by atoms with Crippen molar-refractivity contribution in [1.29, 1.82) is 5.26 Å². The van der Waals surface area contributed by atoms with Crippen LogP contribution in [0.15, 0.2) is 34.2 Å². The summed E-state index contributed by atoms with van der Waals surface area (Å²) in [7, 11) is 0. The molecule has 0 amide bonds. The maximum absolute atomic E-state index is 13.1. The third-order valence-electron chi connectivity index (χ3n) is 5.04. The molecule has 23 heavy (non-hydrogen) atoms. The van der Waals surface area contributed by atoms with Crippen molar-refractivity contribution in [2.45, 2.75) is 44.3 Å². The van der Waals surface area contributed by atoms with Gasteiger partial charge in [-0.15, -0.1) is 0 Å². The van der Waals surface area contributed by atoms with Gasteiger partial charge in [-0.3, -0.25) is 9.36 Å². The molecule has 3 rings (SSSR count). The fourth-order valence-electron chi connectivity index (χ4n) is 3.53. The molecule has 0 bridgehead atoms. The normalized spacial score (nSPS) is 24.5. The molecular formula is C18H21N3OS. The smallest absolute Gasteiger partial charge is 0.262 e. The monoisotopic (exact) mass is 327 g/mol. The molecule has 1 aromatic heterocycles. The molecule has 5 heteroatoms. The molecule has 1 saturated carbocycles. The first kappa shape index (κ1) is 16.1. The van der Waals surface area contributed by atoms with Gasteiger partial charge >= 0.3 is 0 Å². The molecule has 0 radical (unpaired) electrons. The van der Waals surface area contributed by atoms with Crippen LogP contribution in [0.4, 0.5) is 0 Å². The molecule has 0 aliphatic heterocycles. The average molecular weight is 327 g/mol. The van der Waals surface area contributed by atoms with E-state index in [2.05, 4.69) is 24.9 Å². The van der Waals surface area contributed by atoms with E-state index in [-0.39, 0.29) is 11.6 Å². The van der Waals surface area contributed by atoms with Crippen LogP contribution in [0, 0.1) is 23.2 Å². The third kappa shape index (κ3) is 3.00. The summed E-state index contributed by atoms with van der Waals surface area (Å²) in [5.74, 6) is 1.34. The van der Waals surface area contributed by atoms with Gasteiger partial charge in [0.25, 0.3) is 5.56 Å². The number of nitrogens with zero attached hydrogens (tertiary/aromatic N) is 3. The van der Waals surface area contributed by atoms with Gasteiger partial charge < -0.3 is 0 Å². The molecule has 1 aliphatic carbocycles. The molecule has 0 unspecified atom stereocenters. The minimum Gasteiger partial charge on any atom is -0.284 e. The number of para-hydroxylation sites is 1. The van der Waals surface area contributed by atoms with Crippen LogP contribution in [-0.4, -0.2) is 15.3 Å². The van der Waals surface area contributed by atoms with Crippen LogP contribution >= 0.6 is 11.8 Å². The lowest BCUT2D eigenvalue weighted by molar-refractivity contribution is 0.173. The zero-order chi connectivity index (χ0) is 16.4. The zero-order valence-electron chi connectivity index (χ0n) is 13.5. The number of thioether (sulfide) groups is 1. The summed E-state index contributed by atoms with van der Waals surface area (Å²) in [4.78, 5) is 17.8. The van der Waals surface area contributed by atoms with Gasteiger partial charge in [-0.1, -0.05) is 50.6 Å². The van der Waals surface area contributed by atoms with Crippen molar-refractivity contribution in [2.24, 2.45) is 11.8 Å². The number of aromatic nitrogens is 2. The Hall–Kier alpha value is -1.80. The first-order chi connectivity index (χ1) is 11.1. The summed E-state index contributed by atoms with van der Waals surface area (Å²) < 4.78 is 1.87. The van der Waals surface area contributed by atoms with E-state index in [4.69, 9.17) is 5.26 Å². The molecule has 3 atom stereocenters. The Kier molecular flexibility index (Phi) is 4.72. The highest BCUT2D eigenvalue weighted by molar-refractivity contribution is 7.99. The molecule has 0 N–H and O–H groups in total. The molecule has 2 aromatic rings. The number of benzene rings is 1.